The predicted molar refractivity (Wildman–Crippen MR) is 78.5 cm³/mol. The number of hydrogen-bond donors (Lipinski definition) is 1. The van der Waals surface area contributed by atoms with E-state index in [0.717, 1.165) is 37.3 Å². The third kappa shape index (κ3) is 3.36. The predicted octanol–water partition coefficient (Wildman–Crippen LogP) is 1.36. The summed E-state index contributed by atoms with van der Waals surface area (Å²) in [6.45, 7) is 7.23. The highest BCUT2D eigenvalue weighted by molar-refractivity contribution is 6.08. The lowest BCUT2D eigenvalue weighted by atomic mass is 9.92. The van der Waals surface area contributed by atoms with Crippen LogP contribution in [0.15, 0.2) is 0 Å². The molecule has 0 aromatic rings. The van der Waals surface area contributed by atoms with Crippen LogP contribution in [0, 0.1) is 5.92 Å². The van der Waals surface area contributed by atoms with Crippen LogP contribution in [-0.2, 0) is 9.59 Å². The third-order valence-electron chi connectivity index (χ3n) is 4.32. The van der Waals surface area contributed by atoms with Crippen LogP contribution >= 0.6 is 0 Å². The number of rotatable bonds is 5. The van der Waals surface area contributed by atoms with Gasteiger partial charge in [0.25, 0.3) is 5.91 Å². The summed E-state index contributed by atoms with van der Waals surface area (Å²) in [7, 11) is 0. The molecule has 1 atom stereocenters. The normalized spacial score (nSPS) is 25.9. The first-order valence-electron chi connectivity index (χ1n) is 7.75. The molecule has 118 valence electrons. The molecule has 6 heteroatoms. The standard InChI is InChI=1S/C15H25N3O3/c1-11(2)6-7-15(3)13(20)18(14(21)16-15)10-12(19)17-8-4-5-9-17/h11H,4-10H2,1-3H3,(H,16,21). The second kappa shape index (κ2) is 6.03. The summed E-state index contributed by atoms with van der Waals surface area (Å²) in [4.78, 5) is 39.4. The van der Waals surface area contributed by atoms with Gasteiger partial charge in [-0.15, -0.1) is 0 Å². The Bertz CT molecular complexity index is 443. The number of urea groups is 1. The molecule has 2 fully saturated rings. The number of imide groups is 1. The van der Waals surface area contributed by atoms with Gasteiger partial charge in [0.15, 0.2) is 0 Å². The molecular formula is C15H25N3O3. The second-order valence-electron chi connectivity index (χ2n) is 6.67. The van der Waals surface area contributed by atoms with Crippen LogP contribution in [0.5, 0.6) is 0 Å². The van der Waals surface area contributed by atoms with Crippen molar-refractivity contribution in [2.45, 2.75) is 52.0 Å². The van der Waals surface area contributed by atoms with E-state index in [2.05, 4.69) is 19.2 Å². The van der Waals surface area contributed by atoms with Gasteiger partial charge < -0.3 is 10.2 Å². The van der Waals surface area contributed by atoms with Gasteiger partial charge in [0, 0.05) is 13.1 Å². The molecule has 4 amide bonds. The van der Waals surface area contributed by atoms with Crippen molar-refractivity contribution in [2.24, 2.45) is 5.92 Å². The molecule has 0 radical (unpaired) electrons. The quantitative estimate of drug-likeness (QED) is 0.779. The molecule has 21 heavy (non-hydrogen) atoms. The lowest BCUT2D eigenvalue weighted by molar-refractivity contribution is -0.138. The Morgan fingerprint density at radius 1 is 1.29 bits per heavy atom. The van der Waals surface area contributed by atoms with Crippen LogP contribution in [0.2, 0.25) is 0 Å². The summed E-state index contributed by atoms with van der Waals surface area (Å²) in [5, 5.41) is 2.75. The van der Waals surface area contributed by atoms with Crippen LogP contribution in [-0.4, -0.2) is 52.8 Å². The monoisotopic (exact) mass is 295 g/mol. The first kappa shape index (κ1) is 15.8. The highest BCUT2D eigenvalue weighted by Gasteiger charge is 2.48. The van der Waals surface area contributed by atoms with Crippen molar-refractivity contribution in [2.75, 3.05) is 19.6 Å². The van der Waals surface area contributed by atoms with E-state index in [1.54, 1.807) is 11.8 Å². The number of nitrogens with zero attached hydrogens (tertiary/aromatic N) is 2. The van der Waals surface area contributed by atoms with Gasteiger partial charge in [-0.05, 0) is 38.5 Å². The molecule has 2 aliphatic heterocycles. The van der Waals surface area contributed by atoms with Crippen molar-refractivity contribution in [3.63, 3.8) is 0 Å². The van der Waals surface area contributed by atoms with Crippen molar-refractivity contribution in [3.05, 3.63) is 0 Å². The van der Waals surface area contributed by atoms with Crippen LogP contribution in [0.25, 0.3) is 0 Å². The van der Waals surface area contributed by atoms with E-state index in [9.17, 15) is 14.4 Å². The minimum Gasteiger partial charge on any atom is -0.341 e. The van der Waals surface area contributed by atoms with E-state index in [1.807, 2.05) is 0 Å². The molecule has 1 unspecified atom stereocenters. The fraction of sp³-hybridized carbons (Fsp3) is 0.800. The molecule has 2 aliphatic rings. The number of hydrogen-bond acceptors (Lipinski definition) is 3. The molecule has 2 heterocycles. The van der Waals surface area contributed by atoms with Crippen molar-refractivity contribution in [3.8, 4) is 0 Å². The summed E-state index contributed by atoms with van der Waals surface area (Å²) in [5.41, 5.74) is -0.868. The largest absolute Gasteiger partial charge is 0.341 e. The van der Waals surface area contributed by atoms with Gasteiger partial charge in [0.2, 0.25) is 5.91 Å². The first-order chi connectivity index (χ1) is 9.83. The number of amides is 4. The Labute approximate surface area is 125 Å². The molecule has 0 aromatic heterocycles. The molecule has 2 saturated heterocycles. The lowest BCUT2D eigenvalue weighted by Gasteiger charge is -2.23. The summed E-state index contributed by atoms with van der Waals surface area (Å²) >= 11 is 0. The van der Waals surface area contributed by atoms with Gasteiger partial charge in [0.1, 0.15) is 12.1 Å². The Kier molecular flexibility index (Phi) is 4.54. The number of nitrogens with one attached hydrogen (secondary N) is 1. The minimum atomic E-state index is -0.868. The average molecular weight is 295 g/mol. The number of carbonyl (C=O) groups is 3. The summed E-state index contributed by atoms with van der Waals surface area (Å²) in [5.74, 6) is 0.0524. The van der Waals surface area contributed by atoms with Crippen LogP contribution in [0.1, 0.15) is 46.5 Å². The van der Waals surface area contributed by atoms with Gasteiger partial charge in [0.05, 0.1) is 0 Å². The highest BCUT2D eigenvalue weighted by Crippen LogP contribution is 2.24. The zero-order chi connectivity index (χ0) is 15.6. The van der Waals surface area contributed by atoms with Gasteiger partial charge in [-0.25, -0.2) is 4.79 Å². The van der Waals surface area contributed by atoms with E-state index in [0.29, 0.717) is 12.3 Å². The smallest absolute Gasteiger partial charge is 0.325 e. The first-order valence-corrected chi connectivity index (χ1v) is 7.75. The van der Waals surface area contributed by atoms with Crippen molar-refractivity contribution < 1.29 is 14.4 Å². The maximum absolute atomic E-state index is 12.5. The fourth-order valence-corrected chi connectivity index (χ4v) is 2.84. The lowest BCUT2D eigenvalue weighted by Crippen LogP contribution is -2.45. The molecule has 0 aromatic carbocycles. The van der Waals surface area contributed by atoms with Crippen LogP contribution < -0.4 is 5.32 Å². The zero-order valence-electron chi connectivity index (χ0n) is 13.1. The highest BCUT2D eigenvalue weighted by atomic mass is 16.2. The average Bonchev–Trinajstić information content (AvgIpc) is 3.01. The molecule has 2 rings (SSSR count). The molecule has 0 spiro atoms. The van der Waals surface area contributed by atoms with E-state index < -0.39 is 11.6 Å². The van der Waals surface area contributed by atoms with Crippen molar-refractivity contribution >= 4 is 17.8 Å². The molecule has 0 saturated carbocycles. The maximum Gasteiger partial charge on any atom is 0.325 e. The minimum absolute atomic E-state index is 0.135. The second-order valence-corrected chi connectivity index (χ2v) is 6.67. The zero-order valence-corrected chi connectivity index (χ0v) is 13.1. The molecule has 1 N–H and O–H groups in total. The van der Waals surface area contributed by atoms with Gasteiger partial charge in [-0.3, -0.25) is 14.5 Å². The summed E-state index contributed by atoms with van der Waals surface area (Å²) in [6.07, 6.45) is 3.45. The fourth-order valence-electron chi connectivity index (χ4n) is 2.84. The topological polar surface area (TPSA) is 69.7 Å². The van der Waals surface area contributed by atoms with E-state index >= 15 is 0 Å². The Hall–Kier alpha value is -1.59. The molecule has 6 nitrogen and oxygen atoms in total. The Morgan fingerprint density at radius 2 is 1.90 bits per heavy atom. The summed E-state index contributed by atoms with van der Waals surface area (Å²) in [6, 6.07) is -0.446. The van der Waals surface area contributed by atoms with Crippen LogP contribution in [0.3, 0.4) is 0 Å². The number of likely N-dealkylation sites (tertiary alicyclic amines) is 1. The van der Waals surface area contributed by atoms with E-state index in [4.69, 9.17) is 0 Å². The SMILES string of the molecule is CC(C)CCC1(C)NC(=O)N(CC(=O)N2CCCC2)C1=O. The number of carbonyl (C=O) groups excluding carboxylic acids is 3. The molecule has 0 bridgehead atoms. The third-order valence-corrected chi connectivity index (χ3v) is 4.32. The van der Waals surface area contributed by atoms with Gasteiger partial charge in [-0.1, -0.05) is 13.8 Å². The van der Waals surface area contributed by atoms with Crippen molar-refractivity contribution in [1.82, 2.24) is 15.1 Å². The molecular weight excluding hydrogens is 270 g/mol. The van der Waals surface area contributed by atoms with E-state index in [-0.39, 0.29) is 18.4 Å². The molecule has 0 aliphatic carbocycles. The Morgan fingerprint density at radius 3 is 2.48 bits per heavy atom. The van der Waals surface area contributed by atoms with Crippen LogP contribution in [0.4, 0.5) is 4.79 Å². The Balaban J connectivity index is 1.99. The summed E-state index contributed by atoms with van der Waals surface area (Å²) < 4.78 is 0. The van der Waals surface area contributed by atoms with Crippen molar-refractivity contribution in [1.29, 1.82) is 0 Å². The van der Waals surface area contributed by atoms with Gasteiger partial charge >= 0.3 is 6.03 Å². The van der Waals surface area contributed by atoms with Gasteiger partial charge in [-0.2, -0.15) is 0 Å². The van der Waals surface area contributed by atoms with E-state index in [1.165, 1.54) is 0 Å². The maximum atomic E-state index is 12.5.